The largest absolute Gasteiger partial charge is 0.395 e. The number of hydrogen-bond acceptors (Lipinski definition) is 9. The van der Waals surface area contributed by atoms with E-state index in [1.807, 2.05) is 24.1 Å². The van der Waals surface area contributed by atoms with E-state index in [-0.39, 0.29) is 13.2 Å². The second kappa shape index (κ2) is 10.3. The van der Waals surface area contributed by atoms with Crippen LogP contribution in [0.1, 0.15) is 17.7 Å². The molecule has 4 rings (SSSR count). The molecule has 1 aliphatic rings. The molecule has 4 heterocycles. The molecule has 0 aliphatic carbocycles. The first-order valence-corrected chi connectivity index (χ1v) is 10.7. The van der Waals surface area contributed by atoms with Crippen molar-refractivity contribution in [2.75, 3.05) is 43.5 Å². The summed E-state index contributed by atoms with van der Waals surface area (Å²) in [7, 11) is 1.92. The van der Waals surface area contributed by atoms with Crippen LogP contribution in [0, 0.1) is 11.3 Å². The third kappa shape index (κ3) is 5.58. The molecule has 1 atom stereocenters. The average Bonchev–Trinajstić information content (AvgIpc) is 3.26. The molecule has 0 amide bonds. The third-order valence-corrected chi connectivity index (χ3v) is 5.36. The molecule has 2 N–H and O–H groups in total. The first-order valence-electron chi connectivity index (χ1n) is 10.7. The highest BCUT2D eigenvalue weighted by atomic mass is 19.1. The van der Waals surface area contributed by atoms with E-state index in [1.54, 1.807) is 35.6 Å². The van der Waals surface area contributed by atoms with Crippen molar-refractivity contribution >= 4 is 17.5 Å². The molecule has 170 valence electrons. The molecule has 3 aromatic rings. The number of halogens is 1. The monoisotopic (exact) mass is 448 g/mol. The van der Waals surface area contributed by atoms with Gasteiger partial charge < -0.3 is 15.3 Å². The Morgan fingerprint density at radius 2 is 2.15 bits per heavy atom. The van der Waals surface area contributed by atoms with Gasteiger partial charge in [0, 0.05) is 37.6 Å². The minimum Gasteiger partial charge on any atom is -0.395 e. The van der Waals surface area contributed by atoms with Crippen LogP contribution in [0.3, 0.4) is 0 Å². The summed E-state index contributed by atoms with van der Waals surface area (Å²) in [4.78, 5) is 21.5. The number of aromatic nitrogens is 4. The summed E-state index contributed by atoms with van der Waals surface area (Å²) in [6.07, 6.45) is 4.54. The molecule has 1 aliphatic heterocycles. The predicted molar refractivity (Wildman–Crippen MR) is 123 cm³/mol. The van der Waals surface area contributed by atoms with Crippen LogP contribution in [0.4, 0.5) is 21.8 Å². The molecule has 1 fully saturated rings. The third-order valence-electron chi connectivity index (χ3n) is 5.36. The zero-order valence-electron chi connectivity index (χ0n) is 18.3. The molecule has 0 unspecified atom stereocenters. The van der Waals surface area contributed by atoms with Crippen LogP contribution in [0.2, 0.25) is 0 Å². The Bertz CT molecular complexity index is 1130. The van der Waals surface area contributed by atoms with Gasteiger partial charge in [-0.3, -0.25) is 9.88 Å². The van der Waals surface area contributed by atoms with Crippen molar-refractivity contribution in [3.05, 3.63) is 54.1 Å². The zero-order valence-corrected chi connectivity index (χ0v) is 18.3. The Labute approximate surface area is 191 Å². The summed E-state index contributed by atoms with van der Waals surface area (Å²) in [5, 5.41) is 21.7. The van der Waals surface area contributed by atoms with Gasteiger partial charge in [-0.05, 0) is 37.7 Å². The van der Waals surface area contributed by atoms with E-state index >= 15 is 0 Å². The second-order valence-corrected chi connectivity index (χ2v) is 7.93. The minimum atomic E-state index is -0.890. The fraction of sp³-hybridized carbons (Fsp3) is 0.348. The lowest BCUT2D eigenvalue weighted by Crippen LogP contribution is -2.22. The number of rotatable bonds is 8. The van der Waals surface area contributed by atoms with E-state index in [0.717, 1.165) is 11.4 Å². The van der Waals surface area contributed by atoms with Gasteiger partial charge in [-0.2, -0.15) is 5.26 Å². The van der Waals surface area contributed by atoms with Crippen LogP contribution in [0.15, 0.2) is 42.9 Å². The Kier molecular flexibility index (Phi) is 7.02. The van der Waals surface area contributed by atoms with Crippen molar-refractivity contribution in [2.45, 2.75) is 19.1 Å². The van der Waals surface area contributed by atoms with Crippen LogP contribution < -0.4 is 10.2 Å². The van der Waals surface area contributed by atoms with Crippen molar-refractivity contribution < 1.29 is 9.50 Å². The highest BCUT2D eigenvalue weighted by Crippen LogP contribution is 2.27. The van der Waals surface area contributed by atoms with Gasteiger partial charge in [-0.25, -0.2) is 19.3 Å². The maximum atomic E-state index is 13.6. The Morgan fingerprint density at radius 3 is 2.85 bits per heavy atom. The van der Waals surface area contributed by atoms with Crippen molar-refractivity contribution in [3.63, 3.8) is 0 Å². The maximum absolute atomic E-state index is 13.6. The molecule has 33 heavy (non-hydrogen) atoms. The Morgan fingerprint density at radius 1 is 1.27 bits per heavy atom. The fourth-order valence-electron chi connectivity index (χ4n) is 3.67. The van der Waals surface area contributed by atoms with Crippen molar-refractivity contribution in [1.82, 2.24) is 24.8 Å². The van der Waals surface area contributed by atoms with Gasteiger partial charge in [0.15, 0.2) is 0 Å². The molecular formula is C23H25FN8O. The summed E-state index contributed by atoms with van der Waals surface area (Å²) in [6, 6.07) is 9.43. The van der Waals surface area contributed by atoms with E-state index < -0.39 is 6.17 Å². The smallest absolute Gasteiger partial charge is 0.227 e. The molecule has 0 spiro atoms. The molecule has 0 aromatic carbocycles. The SMILES string of the molecule is CN(CCO)Cc1ccc(Nc2nccc(-c3cnc(N4CC[C@H](F)C4)c(C#N)c3)n2)cn1. The summed E-state index contributed by atoms with van der Waals surface area (Å²) >= 11 is 0. The van der Waals surface area contributed by atoms with E-state index in [0.29, 0.717) is 54.6 Å². The quantitative estimate of drug-likeness (QED) is 0.536. The number of pyridine rings is 2. The summed E-state index contributed by atoms with van der Waals surface area (Å²) < 4.78 is 13.6. The van der Waals surface area contributed by atoms with Gasteiger partial charge in [-0.15, -0.1) is 0 Å². The number of nitrogens with one attached hydrogen (secondary N) is 1. The Balaban J connectivity index is 1.48. The number of alkyl halides is 1. The molecule has 0 saturated carbocycles. The number of anilines is 3. The highest BCUT2D eigenvalue weighted by Gasteiger charge is 2.25. The van der Waals surface area contributed by atoms with Crippen LogP contribution >= 0.6 is 0 Å². The maximum Gasteiger partial charge on any atom is 0.227 e. The number of nitrogens with zero attached hydrogens (tertiary/aromatic N) is 7. The minimum absolute atomic E-state index is 0.105. The summed E-state index contributed by atoms with van der Waals surface area (Å²) in [5.41, 5.74) is 3.31. The molecule has 0 radical (unpaired) electrons. The predicted octanol–water partition coefficient (Wildman–Crippen LogP) is 2.52. The van der Waals surface area contributed by atoms with E-state index in [2.05, 4.69) is 31.3 Å². The molecule has 9 nitrogen and oxygen atoms in total. The van der Waals surface area contributed by atoms with Crippen LogP contribution in [-0.4, -0.2) is 69.4 Å². The fourth-order valence-corrected chi connectivity index (χ4v) is 3.67. The summed E-state index contributed by atoms with van der Waals surface area (Å²) in [6.45, 7) is 2.14. The number of likely N-dealkylation sites (N-methyl/N-ethyl adjacent to an activating group) is 1. The first kappa shape index (κ1) is 22.5. The van der Waals surface area contributed by atoms with Crippen molar-refractivity contribution in [2.24, 2.45) is 0 Å². The molecule has 10 heteroatoms. The van der Waals surface area contributed by atoms with E-state index in [9.17, 15) is 9.65 Å². The summed E-state index contributed by atoms with van der Waals surface area (Å²) in [5.74, 6) is 0.895. The molecule has 3 aromatic heterocycles. The van der Waals surface area contributed by atoms with Gasteiger partial charge in [0.05, 0.1) is 42.0 Å². The van der Waals surface area contributed by atoms with E-state index in [1.165, 1.54) is 0 Å². The van der Waals surface area contributed by atoms with Gasteiger partial charge in [0.2, 0.25) is 5.95 Å². The second-order valence-electron chi connectivity index (χ2n) is 7.93. The first-order chi connectivity index (χ1) is 16.1. The lowest BCUT2D eigenvalue weighted by molar-refractivity contribution is 0.216. The lowest BCUT2D eigenvalue weighted by atomic mass is 10.1. The number of nitriles is 1. The van der Waals surface area contributed by atoms with Crippen LogP contribution in [0.5, 0.6) is 0 Å². The van der Waals surface area contributed by atoms with Gasteiger partial charge in [0.1, 0.15) is 18.1 Å². The topological polar surface area (TPSA) is 114 Å². The molecular weight excluding hydrogens is 423 g/mol. The number of aliphatic hydroxyl groups is 1. The van der Waals surface area contributed by atoms with Crippen molar-refractivity contribution in [1.29, 1.82) is 5.26 Å². The lowest BCUT2D eigenvalue weighted by Gasteiger charge is -2.18. The normalized spacial score (nSPS) is 15.6. The zero-order chi connectivity index (χ0) is 23.2. The van der Waals surface area contributed by atoms with Gasteiger partial charge in [-0.1, -0.05) is 0 Å². The number of aliphatic hydroxyl groups excluding tert-OH is 1. The average molecular weight is 449 g/mol. The number of hydrogen-bond donors (Lipinski definition) is 2. The Hall–Kier alpha value is -3.68. The standard InChI is InChI=1S/C23H25FN8O/c1-31(8-9-33)15-20-3-2-19(13-27-20)29-23-26-6-4-21(30-23)17-10-16(11-25)22(28-12-17)32-7-5-18(24)14-32/h2-4,6,10,12-13,18,33H,5,7-9,14-15H2,1H3,(H,26,29,30)/t18-/m0/s1. The molecule has 1 saturated heterocycles. The highest BCUT2D eigenvalue weighted by molar-refractivity contribution is 5.67. The van der Waals surface area contributed by atoms with E-state index in [4.69, 9.17) is 5.11 Å². The van der Waals surface area contributed by atoms with Gasteiger partial charge >= 0.3 is 0 Å². The molecule has 0 bridgehead atoms. The van der Waals surface area contributed by atoms with Gasteiger partial charge in [0.25, 0.3) is 0 Å². The van der Waals surface area contributed by atoms with Crippen LogP contribution in [0.25, 0.3) is 11.3 Å². The van der Waals surface area contributed by atoms with Crippen molar-refractivity contribution in [3.8, 4) is 17.3 Å². The van der Waals surface area contributed by atoms with Crippen LogP contribution in [-0.2, 0) is 6.54 Å².